The van der Waals surface area contributed by atoms with Crippen LogP contribution in [-0.2, 0) is 14.8 Å². The summed E-state index contributed by atoms with van der Waals surface area (Å²) in [6.45, 7) is 4.98. The number of carbonyl (C=O) groups excluding carboxylic acids is 1. The summed E-state index contributed by atoms with van der Waals surface area (Å²) in [7, 11) is -3.45. The maximum Gasteiger partial charge on any atom is 0.240 e. The Morgan fingerprint density at radius 2 is 1.68 bits per heavy atom. The summed E-state index contributed by atoms with van der Waals surface area (Å²) in [6.07, 6.45) is 7.04. The van der Waals surface area contributed by atoms with Crippen LogP contribution in [0.5, 0.6) is 0 Å². The summed E-state index contributed by atoms with van der Waals surface area (Å²) < 4.78 is 27.4. The molecule has 0 aliphatic heterocycles. The van der Waals surface area contributed by atoms with E-state index in [1.54, 1.807) is 30.3 Å². The number of benzene rings is 1. The molecule has 2 saturated carbocycles. The zero-order valence-electron chi connectivity index (χ0n) is 17.1. The van der Waals surface area contributed by atoms with Gasteiger partial charge in [-0.05, 0) is 62.0 Å². The molecular formula is C22H34N2O3S. The van der Waals surface area contributed by atoms with Crippen molar-refractivity contribution in [2.45, 2.75) is 69.7 Å². The average molecular weight is 407 g/mol. The number of hydrogen-bond acceptors (Lipinski definition) is 3. The minimum Gasteiger partial charge on any atom is -0.353 e. The lowest BCUT2D eigenvalue weighted by molar-refractivity contribution is -0.127. The SMILES string of the molecule is C[C@H]1[C@H](C)CCC[C@H]1NC(=O)C1CCC(CNS(=O)(=O)c2ccccc2)CC1. The number of sulfonamides is 1. The van der Waals surface area contributed by atoms with Crippen LogP contribution >= 0.6 is 0 Å². The van der Waals surface area contributed by atoms with Crippen LogP contribution in [-0.4, -0.2) is 26.9 Å². The monoisotopic (exact) mass is 406 g/mol. The van der Waals surface area contributed by atoms with E-state index >= 15 is 0 Å². The molecule has 1 amide bonds. The van der Waals surface area contributed by atoms with Crippen LogP contribution in [0.1, 0.15) is 58.8 Å². The second-order valence-corrected chi connectivity index (χ2v) is 10.5. The van der Waals surface area contributed by atoms with Crippen molar-refractivity contribution >= 4 is 15.9 Å². The van der Waals surface area contributed by atoms with Crippen LogP contribution < -0.4 is 10.0 Å². The van der Waals surface area contributed by atoms with Crippen LogP contribution in [0.25, 0.3) is 0 Å². The molecule has 5 nitrogen and oxygen atoms in total. The average Bonchev–Trinajstić information content (AvgIpc) is 2.71. The molecule has 2 aliphatic carbocycles. The predicted octanol–water partition coefficient (Wildman–Crippen LogP) is 3.71. The third-order valence-electron chi connectivity index (χ3n) is 6.87. The molecule has 1 aromatic carbocycles. The molecular weight excluding hydrogens is 372 g/mol. The van der Waals surface area contributed by atoms with E-state index in [2.05, 4.69) is 23.9 Å². The summed E-state index contributed by atoms with van der Waals surface area (Å²) >= 11 is 0. The standard InChI is InChI=1S/C22H34N2O3S/c1-16-7-6-10-21(17(16)2)24-22(25)19-13-11-18(12-14-19)15-23-28(26,27)20-8-4-3-5-9-20/h3-5,8-9,16-19,21,23H,6-7,10-15H2,1-2H3,(H,24,25)/t16-,17+,18?,19?,21-/m1/s1. The van der Waals surface area contributed by atoms with Crippen molar-refractivity contribution in [2.75, 3.05) is 6.54 Å². The molecule has 0 bridgehead atoms. The number of amides is 1. The lowest BCUT2D eigenvalue weighted by Gasteiger charge is -2.36. The van der Waals surface area contributed by atoms with Gasteiger partial charge in [-0.15, -0.1) is 0 Å². The summed E-state index contributed by atoms with van der Waals surface area (Å²) in [5, 5.41) is 3.31. The zero-order valence-corrected chi connectivity index (χ0v) is 17.9. The van der Waals surface area contributed by atoms with Gasteiger partial charge >= 0.3 is 0 Å². The van der Waals surface area contributed by atoms with Gasteiger partial charge in [-0.25, -0.2) is 13.1 Å². The van der Waals surface area contributed by atoms with Gasteiger partial charge in [0.2, 0.25) is 15.9 Å². The van der Waals surface area contributed by atoms with Crippen LogP contribution in [0.3, 0.4) is 0 Å². The molecule has 0 unspecified atom stereocenters. The molecule has 2 aliphatic rings. The smallest absolute Gasteiger partial charge is 0.240 e. The summed E-state index contributed by atoms with van der Waals surface area (Å²) in [4.78, 5) is 13.0. The van der Waals surface area contributed by atoms with Gasteiger partial charge in [0, 0.05) is 18.5 Å². The molecule has 2 fully saturated rings. The summed E-state index contributed by atoms with van der Waals surface area (Å²) in [5.41, 5.74) is 0. The topological polar surface area (TPSA) is 75.3 Å². The highest BCUT2D eigenvalue weighted by atomic mass is 32.2. The van der Waals surface area contributed by atoms with Gasteiger partial charge in [-0.3, -0.25) is 4.79 Å². The van der Waals surface area contributed by atoms with Crippen molar-refractivity contribution in [1.29, 1.82) is 0 Å². The molecule has 0 aromatic heterocycles. The lowest BCUT2D eigenvalue weighted by atomic mass is 9.77. The maximum absolute atomic E-state index is 12.7. The van der Waals surface area contributed by atoms with Crippen molar-refractivity contribution < 1.29 is 13.2 Å². The highest BCUT2D eigenvalue weighted by Crippen LogP contribution is 2.32. The van der Waals surface area contributed by atoms with Gasteiger partial charge in [0.15, 0.2) is 0 Å². The molecule has 6 heteroatoms. The Hall–Kier alpha value is -1.40. The first-order valence-corrected chi connectivity index (χ1v) is 12.2. The third-order valence-corrected chi connectivity index (χ3v) is 8.31. The fourth-order valence-corrected chi connectivity index (χ4v) is 5.76. The summed E-state index contributed by atoms with van der Waals surface area (Å²) in [5.74, 6) is 1.80. The van der Waals surface area contributed by atoms with Crippen LogP contribution in [0.4, 0.5) is 0 Å². The highest BCUT2D eigenvalue weighted by molar-refractivity contribution is 7.89. The Balaban J connectivity index is 1.43. The van der Waals surface area contributed by atoms with E-state index in [4.69, 9.17) is 0 Å². The normalized spacial score (nSPS) is 31.3. The Morgan fingerprint density at radius 1 is 1.00 bits per heavy atom. The van der Waals surface area contributed by atoms with Gasteiger partial charge in [-0.2, -0.15) is 0 Å². The number of rotatable bonds is 6. The largest absolute Gasteiger partial charge is 0.353 e. The Morgan fingerprint density at radius 3 is 2.36 bits per heavy atom. The minimum absolute atomic E-state index is 0.0754. The molecule has 1 aromatic rings. The fourth-order valence-electron chi connectivity index (χ4n) is 4.63. The van der Waals surface area contributed by atoms with E-state index in [1.165, 1.54) is 12.8 Å². The molecule has 0 spiro atoms. The van der Waals surface area contributed by atoms with Crippen LogP contribution in [0, 0.1) is 23.7 Å². The molecule has 3 atom stereocenters. The first-order valence-electron chi connectivity index (χ1n) is 10.7. The van der Waals surface area contributed by atoms with Crippen LogP contribution in [0.15, 0.2) is 35.2 Å². The van der Waals surface area contributed by atoms with E-state index in [1.807, 2.05) is 0 Å². The van der Waals surface area contributed by atoms with Crippen molar-refractivity contribution in [1.82, 2.24) is 10.0 Å². The zero-order chi connectivity index (χ0) is 20.1. The number of nitrogens with one attached hydrogen (secondary N) is 2. The quantitative estimate of drug-likeness (QED) is 0.756. The molecule has 3 rings (SSSR count). The predicted molar refractivity (Wildman–Crippen MR) is 111 cm³/mol. The van der Waals surface area contributed by atoms with Gasteiger partial charge in [0.1, 0.15) is 0 Å². The number of carbonyl (C=O) groups is 1. The molecule has 0 heterocycles. The van der Waals surface area contributed by atoms with Gasteiger partial charge in [0.05, 0.1) is 4.90 Å². The Kier molecular flexibility index (Phi) is 7.15. The van der Waals surface area contributed by atoms with Crippen molar-refractivity contribution in [2.24, 2.45) is 23.7 Å². The van der Waals surface area contributed by atoms with E-state index in [0.29, 0.717) is 35.2 Å². The van der Waals surface area contributed by atoms with E-state index in [0.717, 1.165) is 32.1 Å². The number of hydrogen-bond donors (Lipinski definition) is 2. The van der Waals surface area contributed by atoms with E-state index in [9.17, 15) is 13.2 Å². The highest BCUT2D eigenvalue weighted by Gasteiger charge is 2.32. The molecule has 0 saturated heterocycles. The first kappa shape index (κ1) is 21.3. The van der Waals surface area contributed by atoms with Crippen molar-refractivity contribution in [3.05, 3.63) is 30.3 Å². The van der Waals surface area contributed by atoms with E-state index < -0.39 is 10.0 Å². The van der Waals surface area contributed by atoms with E-state index in [-0.39, 0.29) is 11.8 Å². The minimum atomic E-state index is -3.45. The van der Waals surface area contributed by atoms with Gasteiger partial charge in [-0.1, -0.05) is 44.9 Å². The second kappa shape index (κ2) is 9.40. The summed E-state index contributed by atoms with van der Waals surface area (Å²) in [6, 6.07) is 8.79. The van der Waals surface area contributed by atoms with Crippen LogP contribution in [0.2, 0.25) is 0 Å². The van der Waals surface area contributed by atoms with Gasteiger partial charge in [0.25, 0.3) is 0 Å². The van der Waals surface area contributed by atoms with Crippen molar-refractivity contribution in [3.8, 4) is 0 Å². The molecule has 28 heavy (non-hydrogen) atoms. The molecule has 2 N–H and O–H groups in total. The fraction of sp³-hybridized carbons (Fsp3) is 0.682. The Labute approximate surface area is 169 Å². The van der Waals surface area contributed by atoms with Crippen molar-refractivity contribution in [3.63, 3.8) is 0 Å². The third kappa shape index (κ3) is 5.35. The van der Waals surface area contributed by atoms with Gasteiger partial charge < -0.3 is 5.32 Å². The molecule has 0 radical (unpaired) electrons. The maximum atomic E-state index is 12.7. The second-order valence-electron chi connectivity index (χ2n) is 8.76. The molecule has 156 valence electrons. The first-order chi connectivity index (χ1) is 13.4. The lowest BCUT2D eigenvalue weighted by Crippen LogP contribution is -2.46. The Bertz CT molecular complexity index is 742.